The van der Waals surface area contributed by atoms with Gasteiger partial charge in [0.2, 0.25) is 0 Å². The molecule has 5 nitrogen and oxygen atoms in total. The summed E-state index contributed by atoms with van der Waals surface area (Å²) in [6.07, 6.45) is 4.44. The number of rotatable bonds is 6. The zero-order chi connectivity index (χ0) is 15.2. The standard InChI is InChI=1S/C17H25N5.ClH/c1-2-18-12-15-8-10-21(11-9-15)14-16-13-19-22(20-16)17-6-4-3-5-7-17;/h3-7,13,15,18H,2,8-12,14H2,1H3;1H. The third-order valence-corrected chi connectivity index (χ3v) is 4.30. The number of nitrogens with one attached hydrogen (secondary N) is 1. The zero-order valence-corrected chi connectivity index (χ0v) is 14.5. The Kier molecular flexibility index (Phi) is 7.02. The van der Waals surface area contributed by atoms with E-state index in [1.807, 2.05) is 36.5 Å². The van der Waals surface area contributed by atoms with E-state index in [0.717, 1.165) is 50.0 Å². The molecule has 0 bridgehead atoms. The van der Waals surface area contributed by atoms with E-state index < -0.39 is 0 Å². The van der Waals surface area contributed by atoms with E-state index in [0.29, 0.717) is 0 Å². The molecule has 2 aromatic rings. The summed E-state index contributed by atoms with van der Waals surface area (Å²) in [4.78, 5) is 4.20. The lowest BCUT2D eigenvalue weighted by Crippen LogP contribution is -2.36. The fourth-order valence-electron chi connectivity index (χ4n) is 2.98. The molecule has 0 radical (unpaired) electrons. The number of likely N-dealkylation sites (tertiary alicyclic amines) is 1. The van der Waals surface area contributed by atoms with Crippen LogP contribution in [0.4, 0.5) is 0 Å². The van der Waals surface area contributed by atoms with Gasteiger partial charge in [0.25, 0.3) is 0 Å². The Morgan fingerprint density at radius 1 is 1.17 bits per heavy atom. The normalized spacial score (nSPS) is 16.2. The number of nitrogens with zero attached hydrogens (tertiary/aromatic N) is 4. The van der Waals surface area contributed by atoms with Gasteiger partial charge < -0.3 is 5.32 Å². The molecular formula is C17H26ClN5. The average Bonchev–Trinajstić information content (AvgIpc) is 3.04. The molecule has 1 aromatic heterocycles. The van der Waals surface area contributed by atoms with Crippen molar-refractivity contribution in [2.24, 2.45) is 5.92 Å². The Bertz CT molecular complexity index is 563. The highest BCUT2D eigenvalue weighted by Gasteiger charge is 2.19. The van der Waals surface area contributed by atoms with Gasteiger partial charge in [-0.15, -0.1) is 12.4 Å². The van der Waals surface area contributed by atoms with Gasteiger partial charge in [-0.25, -0.2) is 0 Å². The molecule has 0 amide bonds. The predicted molar refractivity (Wildman–Crippen MR) is 95.2 cm³/mol. The maximum absolute atomic E-state index is 4.59. The van der Waals surface area contributed by atoms with Crippen molar-refractivity contribution in [3.63, 3.8) is 0 Å². The van der Waals surface area contributed by atoms with Crippen molar-refractivity contribution in [1.82, 2.24) is 25.2 Å². The quantitative estimate of drug-likeness (QED) is 0.881. The molecule has 6 heteroatoms. The van der Waals surface area contributed by atoms with Crippen molar-refractivity contribution < 1.29 is 0 Å². The summed E-state index contributed by atoms with van der Waals surface area (Å²) < 4.78 is 0. The highest BCUT2D eigenvalue weighted by atomic mass is 35.5. The van der Waals surface area contributed by atoms with E-state index >= 15 is 0 Å². The van der Waals surface area contributed by atoms with Crippen LogP contribution in [0.25, 0.3) is 5.69 Å². The number of para-hydroxylation sites is 1. The van der Waals surface area contributed by atoms with Gasteiger partial charge in [0, 0.05) is 6.54 Å². The average molecular weight is 336 g/mol. The summed E-state index contributed by atoms with van der Waals surface area (Å²) in [6, 6.07) is 10.1. The number of piperidine rings is 1. The molecule has 0 aliphatic carbocycles. The molecule has 1 aliphatic rings. The van der Waals surface area contributed by atoms with Crippen LogP contribution in [0, 0.1) is 5.92 Å². The van der Waals surface area contributed by atoms with Crippen LogP contribution in [0.5, 0.6) is 0 Å². The number of halogens is 1. The largest absolute Gasteiger partial charge is 0.317 e. The van der Waals surface area contributed by atoms with Gasteiger partial charge in [0.05, 0.1) is 17.6 Å². The highest BCUT2D eigenvalue weighted by molar-refractivity contribution is 5.85. The predicted octanol–water partition coefficient (Wildman–Crippen LogP) is 2.51. The Balaban J connectivity index is 0.00000192. The second kappa shape index (κ2) is 9.01. The number of benzene rings is 1. The first-order chi connectivity index (χ1) is 10.8. The molecule has 23 heavy (non-hydrogen) atoms. The Morgan fingerprint density at radius 3 is 2.61 bits per heavy atom. The van der Waals surface area contributed by atoms with Crippen LogP contribution in [0.15, 0.2) is 36.5 Å². The third kappa shape index (κ3) is 5.03. The van der Waals surface area contributed by atoms with Crippen molar-refractivity contribution in [3.05, 3.63) is 42.2 Å². The zero-order valence-electron chi connectivity index (χ0n) is 13.7. The van der Waals surface area contributed by atoms with Gasteiger partial charge in [-0.05, 0) is 57.1 Å². The molecule has 1 aromatic carbocycles. The van der Waals surface area contributed by atoms with Crippen molar-refractivity contribution >= 4 is 12.4 Å². The Morgan fingerprint density at radius 2 is 1.91 bits per heavy atom. The van der Waals surface area contributed by atoms with Crippen LogP contribution in [-0.4, -0.2) is 46.1 Å². The topological polar surface area (TPSA) is 46.0 Å². The lowest BCUT2D eigenvalue weighted by Gasteiger charge is -2.31. The smallest absolute Gasteiger partial charge is 0.0971 e. The van der Waals surface area contributed by atoms with Crippen molar-refractivity contribution in [2.75, 3.05) is 26.2 Å². The lowest BCUT2D eigenvalue weighted by molar-refractivity contribution is 0.174. The molecule has 0 unspecified atom stereocenters. The summed E-state index contributed by atoms with van der Waals surface area (Å²) in [7, 11) is 0. The van der Waals surface area contributed by atoms with E-state index in [1.165, 1.54) is 12.8 Å². The molecule has 1 N–H and O–H groups in total. The molecule has 0 atom stereocenters. The summed E-state index contributed by atoms with van der Waals surface area (Å²) in [5, 5.41) is 12.4. The summed E-state index contributed by atoms with van der Waals surface area (Å²) in [5.41, 5.74) is 2.06. The molecule has 3 rings (SSSR count). The van der Waals surface area contributed by atoms with Gasteiger partial charge in [-0.3, -0.25) is 4.90 Å². The molecule has 126 valence electrons. The van der Waals surface area contributed by atoms with Crippen molar-refractivity contribution in [3.8, 4) is 5.69 Å². The van der Waals surface area contributed by atoms with E-state index in [-0.39, 0.29) is 12.4 Å². The maximum atomic E-state index is 4.59. The van der Waals surface area contributed by atoms with Crippen LogP contribution >= 0.6 is 12.4 Å². The fourth-order valence-corrected chi connectivity index (χ4v) is 2.98. The monoisotopic (exact) mass is 335 g/mol. The van der Waals surface area contributed by atoms with E-state index in [9.17, 15) is 0 Å². The SMILES string of the molecule is CCNCC1CCN(Cc2cnn(-c3ccccc3)n2)CC1.Cl. The first-order valence-corrected chi connectivity index (χ1v) is 8.25. The van der Waals surface area contributed by atoms with Crippen LogP contribution < -0.4 is 5.32 Å². The van der Waals surface area contributed by atoms with Crippen molar-refractivity contribution in [1.29, 1.82) is 0 Å². The summed E-state index contributed by atoms with van der Waals surface area (Å²) >= 11 is 0. The van der Waals surface area contributed by atoms with Crippen LogP contribution in [0.1, 0.15) is 25.5 Å². The summed E-state index contributed by atoms with van der Waals surface area (Å²) in [5.74, 6) is 0.830. The molecule has 2 heterocycles. The second-order valence-corrected chi connectivity index (χ2v) is 5.99. The minimum Gasteiger partial charge on any atom is -0.317 e. The first kappa shape index (κ1) is 17.9. The molecular weight excluding hydrogens is 310 g/mol. The van der Waals surface area contributed by atoms with Crippen LogP contribution in [0.2, 0.25) is 0 Å². The lowest BCUT2D eigenvalue weighted by atomic mass is 9.97. The Hall–Kier alpha value is -1.43. The third-order valence-electron chi connectivity index (χ3n) is 4.30. The number of aromatic nitrogens is 3. The van der Waals surface area contributed by atoms with Crippen molar-refractivity contribution in [2.45, 2.75) is 26.3 Å². The highest BCUT2D eigenvalue weighted by Crippen LogP contribution is 2.18. The van der Waals surface area contributed by atoms with Gasteiger partial charge >= 0.3 is 0 Å². The minimum atomic E-state index is 0. The first-order valence-electron chi connectivity index (χ1n) is 8.25. The van der Waals surface area contributed by atoms with E-state index in [4.69, 9.17) is 0 Å². The second-order valence-electron chi connectivity index (χ2n) is 5.99. The van der Waals surface area contributed by atoms with Crippen LogP contribution in [0.3, 0.4) is 0 Å². The van der Waals surface area contributed by atoms with Gasteiger partial charge in [-0.1, -0.05) is 25.1 Å². The maximum Gasteiger partial charge on any atom is 0.0971 e. The molecule has 1 saturated heterocycles. The van der Waals surface area contributed by atoms with E-state index in [1.54, 1.807) is 4.80 Å². The number of hydrogen-bond donors (Lipinski definition) is 1. The van der Waals surface area contributed by atoms with Gasteiger partial charge in [0.1, 0.15) is 0 Å². The van der Waals surface area contributed by atoms with Crippen LogP contribution in [-0.2, 0) is 6.54 Å². The fraction of sp³-hybridized carbons (Fsp3) is 0.529. The van der Waals surface area contributed by atoms with Gasteiger partial charge in [0.15, 0.2) is 0 Å². The molecule has 1 aliphatic heterocycles. The Labute approximate surface area is 144 Å². The van der Waals surface area contributed by atoms with Gasteiger partial charge in [-0.2, -0.15) is 15.0 Å². The molecule has 0 spiro atoms. The molecule has 0 saturated carbocycles. The van der Waals surface area contributed by atoms with E-state index in [2.05, 4.69) is 27.3 Å². The molecule has 1 fully saturated rings. The minimum absolute atomic E-state index is 0. The summed E-state index contributed by atoms with van der Waals surface area (Å²) in [6.45, 7) is 7.63. The number of hydrogen-bond acceptors (Lipinski definition) is 4.